The first-order valence-corrected chi connectivity index (χ1v) is 8.15. The van der Waals surface area contributed by atoms with Crippen molar-refractivity contribution in [1.29, 1.82) is 0 Å². The molecule has 0 saturated carbocycles. The molecule has 0 aromatic carbocycles. The summed E-state index contributed by atoms with van der Waals surface area (Å²) in [5.74, 6) is -0.0220. The maximum absolute atomic E-state index is 11.3. The zero-order valence-corrected chi connectivity index (χ0v) is 14.1. The van der Waals surface area contributed by atoms with E-state index in [0.29, 0.717) is 5.57 Å². The van der Waals surface area contributed by atoms with Crippen LogP contribution in [0.15, 0.2) is 12.2 Å². The molecule has 0 spiro atoms. The minimum Gasteiger partial charge on any atom is -0.352 e. The number of rotatable bonds is 12. The SMILES string of the molecule is C=C(C)C(=O)NCCC[N+](C)(C)CCCCCCCC. The van der Waals surface area contributed by atoms with Crippen LogP contribution >= 0.6 is 0 Å². The Morgan fingerprint density at radius 1 is 1.00 bits per heavy atom. The molecule has 0 aromatic rings. The number of carbonyl (C=O) groups is 1. The molecule has 0 fully saturated rings. The summed E-state index contributed by atoms with van der Waals surface area (Å²) in [7, 11) is 4.57. The second kappa shape index (κ2) is 10.9. The first kappa shape index (κ1) is 19.2. The van der Waals surface area contributed by atoms with Crippen LogP contribution in [-0.4, -0.2) is 44.1 Å². The van der Waals surface area contributed by atoms with Gasteiger partial charge in [-0.3, -0.25) is 4.79 Å². The van der Waals surface area contributed by atoms with E-state index < -0.39 is 0 Å². The molecule has 0 aliphatic carbocycles. The Balaban J connectivity index is 3.58. The molecule has 3 nitrogen and oxygen atoms in total. The molecule has 0 aliphatic heterocycles. The van der Waals surface area contributed by atoms with E-state index in [0.717, 1.165) is 24.0 Å². The molecule has 1 amide bonds. The smallest absolute Gasteiger partial charge is 0.246 e. The van der Waals surface area contributed by atoms with Gasteiger partial charge in [0, 0.05) is 18.5 Å². The van der Waals surface area contributed by atoms with Gasteiger partial charge in [0.2, 0.25) is 5.91 Å². The first-order chi connectivity index (χ1) is 9.39. The van der Waals surface area contributed by atoms with Gasteiger partial charge in [-0.25, -0.2) is 0 Å². The standard InChI is InChI=1S/C17H34N2O/c1-6-7-8-9-10-11-14-19(4,5)15-12-13-18-17(20)16(2)3/h2,6-15H2,1,3-5H3/p+1. The van der Waals surface area contributed by atoms with E-state index in [1.807, 2.05) is 0 Å². The number of unbranched alkanes of at least 4 members (excludes halogenated alkanes) is 5. The Morgan fingerprint density at radius 2 is 1.55 bits per heavy atom. The lowest BCUT2D eigenvalue weighted by molar-refractivity contribution is -0.890. The second-order valence-corrected chi connectivity index (χ2v) is 6.54. The molecule has 0 radical (unpaired) electrons. The fraction of sp³-hybridized carbons (Fsp3) is 0.824. The Hall–Kier alpha value is -0.830. The summed E-state index contributed by atoms with van der Waals surface area (Å²) in [4.78, 5) is 11.3. The van der Waals surface area contributed by atoms with Gasteiger partial charge in [0.15, 0.2) is 0 Å². The fourth-order valence-electron chi connectivity index (χ4n) is 2.29. The molecular weight excluding hydrogens is 248 g/mol. The van der Waals surface area contributed by atoms with Crippen LogP contribution in [0.2, 0.25) is 0 Å². The number of nitrogens with zero attached hydrogens (tertiary/aromatic N) is 1. The molecule has 0 atom stereocenters. The molecule has 20 heavy (non-hydrogen) atoms. The molecule has 0 aliphatic rings. The molecular formula is C17H35N2O+. The fourth-order valence-corrected chi connectivity index (χ4v) is 2.29. The summed E-state index contributed by atoms with van der Waals surface area (Å²) < 4.78 is 1.05. The van der Waals surface area contributed by atoms with Crippen LogP contribution in [0.1, 0.15) is 58.8 Å². The van der Waals surface area contributed by atoms with Crippen LogP contribution in [0, 0.1) is 0 Å². The normalized spacial score (nSPS) is 11.4. The number of carbonyl (C=O) groups excluding carboxylic acids is 1. The Bertz CT molecular complexity index is 285. The Labute approximate surface area is 126 Å². The topological polar surface area (TPSA) is 29.1 Å². The van der Waals surface area contributed by atoms with Crippen LogP contribution in [0.25, 0.3) is 0 Å². The van der Waals surface area contributed by atoms with Crippen molar-refractivity contribution in [2.45, 2.75) is 58.8 Å². The number of quaternary nitrogens is 1. The summed E-state index contributed by atoms with van der Waals surface area (Å²) >= 11 is 0. The maximum atomic E-state index is 11.3. The highest BCUT2D eigenvalue weighted by Gasteiger charge is 2.13. The summed E-state index contributed by atoms with van der Waals surface area (Å²) in [5.41, 5.74) is 0.589. The molecule has 0 unspecified atom stereocenters. The second-order valence-electron chi connectivity index (χ2n) is 6.54. The Morgan fingerprint density at radius 3 is 2.15 bits per heavy atom. The predicted molar refractivity (Wildman–Crippen MR) is 87.7 cm³/mol. The summed E-state index contributed by atoms with van der Waals surface area (Å²) in [5, 5.41) is 2.90. The molecule has 1 N–H and O–H groups in total. The van der Waals surface area contributed by atoms with E-state index >= 15 is 0 Å². The number of nitrogens with one attached hydrogen (secondary N) is 1. The average molecular weight is 283 g/mol. The molecule has 0 rings (SSSR count). The number of hydrogen-bond donors (Lipinski definition) is 1. The number of amides is 1. The van der Waals surface area contributed by atoms with E-state index in [4.69, 9.17) is 0 Å². The van der Waals surface area contributed by atoms with Crippen molar-refractivity contribution in [3.8, 4) is 0 Å². The van der Waals surface area contributed by atoms with Gasteiger partial charge in [-0.05, 0) is 19.8 Å². The largest absolute Gasteiger partial charge is 0.352 e. The van der Waals surface area contributed by atoms with Gasteiger partial charge >= 0.3 is 0 Å². The van der Waals surface area contributed by atoms with Crippen LogP contribution in [0.5, 0.6) is 0 Å². The van der Waals surface area contributed by atoms with Gasteiger partial charge in [-0.15, -0.1) is 0 Å². The van der Waals surface area contributed by atoms with Crippen LogP contribution in [0.4, 0.5) is 0 Å². The first-order valence-electron chi connectivity index (χ1n) is 8.15. The molecule has 0 heterocycles. The number of hydrogen-bond acceptors (Lipinski definition) is 1. The van der Waals surface area contributed by atoms with E-state index in [2.05, 4.69) is 32.9 Å². The highest BCUT2D eigenvalue weighted by Crippen LogP contribution is 2.08. The highest BCUT2D eigenvalue weighted by atomic mass is 16.1. The molecule has 0 bridgehead atoms. The van der Waals surface area contributed by atoms with E-state index in [1.165, 1.54) is 45.1 Å². The van der Waals surface area contributed by atoms with Crippen LogP contribution in [-0.2, 0) is 4.79 Å². The van der Waals surface area contributed by atoms with E-state index in [9.17, 15) is 4.79 Å². The predicted octanol–water partition coefficient (Wildman–Crippen LogP) is 3.51. The van der Waals surface area contributed by atoms with E-state index in [-0.39, 0.29) is 5.91 Å². The maximum Gasteiger partial charge on any atom is 0.246 e. The third kappa shape index (κ3) is 11.0. The summed E-state index contributed by atoms with van der Waals surface area (Å²) in [6.45, 7) is 10.7. The summed E-state index contributed by atoms with van der Waals surface area (Å²) in [6.07, 6.45) is 9.16. The van der Waals surface area contributed by atoms with Gasteiger partial charge in [-0.1, -0.05) is 39.2 Å². The van der Waals surface area contributed by atoms with Crippen molar-refractivity contribution in [1.82, 2.24) is 5.32 Å². The molecule has 118 valence electrons. The van der Waals surface area contributed by atoms with Crippen molar-refractivity contribution in [2.24, 2.45) is 0 Å². The zero-order chi connectivity index (χ0) is 15.4. The minimum absolute atomic E-state index is 0.0220. The van der Waals surface area contributed by atoms with Gasteiger partial charge in [-0.2, -0.15) is 0 Å². The molecule has 0 aromatic heterocycles. The van der Waals surface area contributed by atoms with Gasteiger partial charge in [0.25, 0.3) is 0 Å². The van der Waals surface area contributed by atoms with E-state index in [1.54, 1.807) is 6.92 Å². The third-order valence-corrected chi connectivity index (χ3v) is 3.73. The van der Waals surface area contributed by atoms with Crippen LogP contribution < -0.4 is 5.32 Å². The zero-order valence-electron chi connectivity index (χ0n) is 14.1. The van der Waals surface area contributed by atoms with Crippen molar-refractivity contribution >= 4 is 5.91 Å². The van der Waals surface area contributed by atoms with Crippen molar-refractivity contribution in [2.75, 3.05) is 33.7 Å². The molecule has 0 saturated heterocycles. The summed E-state index contributed by atoms with van der Waals surface area (Å²) in [6, 6.07) is 0. The Kier molecular flexibility index (Phi) is 10.4. The van der Waals surface area contributed by atoms with Gasteiger partial charge in [0.1, 0.15) is 0 Å². The lowest BCUT2D eigenvalue weighted by Gasteiger charge is -2.30. The van der Waals surface area contributed by atoms with Gasteiger partial charge in [0.05, 0.1) is 27.2 Å². The monoisotopic (exact) mass is 283 g/mol. The van der Waals surface area contributed by atoms with Crippen molar-refractivity contribution in [3.63, 3.8) is 0 Å². The minimum atomic E-state index is -0.0220. The van der Waals surface area contributed by atoms with Crippen LogP contribution in [0.3, 0.4) is 0 Å². The van der Waals surface area contributed by atoms with Gasteiger partial charge < -0.3 is 9.80 Å². The molecule has 3 heteroatoms. The third-order valence-electron chi connectivity index (χ3n) is 3.73. The quantitative estimate of drug-likeness (QED) is 0.331. The lowest BCUT2D eigenvalue weighted by atomic mass is 10.1. The van der Waals surface area contributed by atoms with Crippen molar-refractivity contribution < 1.29 is 9.28 Å². The average Bonchev–Trinajstić information content (AvgIpc) is 2.38. The van der Waals surface area contributed by atoms with Crippen molar-refractivity contribution in [3.05, 3.63) is 12.2 Å². The lowest BCUT2D eigenvalue weighted by Crippen LogP contribution is -2.42. The highest BCUT2D eigenvalue weighted by molar-refractivity contribution is 5.91.